The summed E-state index contributed by atoms with van der Waals surface area (Å²) in [5.41, 5.74) is 3.49. The van der Waals surface area contributed by atoms with E-state index in [1.807, 2.05) is 13.0 Å². The second-order valence-electron chi connectivity index (χ2n) is 6.09. The van der Waals surface area contributed by atoms with Gasteiger partial charge in [0.1, 0.15) is 11.3 Å². The molecule has 0 amide bonds. The molecule has 2 heterocycles. The van der Waals surface area contributed by atoms with Gasteiger partial charge in [-0.3, -0.25) is 0 Å². The summed E-state index contributed by atoms with van der Waals surface area (Å²) in [6.45, 7) is 7.21. The standard InChI is InChI=1S/C18H19FN2/c1-12-5-7-15(8-6-12)21-11-13(2)16-9-14(18(3,4)19)10-20-17(16)21/h5-11H,1-4H3. The maximum Gasteiger partial charge on any atom is 0.144 e. The molecule has 2 nitrogen and oxygen atoms in total. The highest BCUT2D eigenvalue weighted by molar-refractivity contribution is 5.82. The Morgan fingerprint density at radius 3 is 2.38 bits per heavy atom. The number of aromatic nitrogens is 2. The molecule has 0 aliphatic heterocycles. The van der Waals surface area contributed by atoms with Crippen LogP contribution in [0.3, 0.4) is 0 Å². The number of aryl methyl sites for hydroxylation is 2. The summed E-state index contributed by atoms with van der Waals surface area (Å²) in [5.74, 6) is 0. The third kappa shape index (κ3) is 2.44. The number of nitrogens with zero attached hydrogens (tertiary/aromatic N) is 2. The zero-order valence-electron chi connectivity index (χ0n) is 12.8. The minimum absolute atomic E-state index is 0.611. The third-order valence-corrected chi connectivity index (χ3v) is 3.84. The van der Waals surface area contributed by atoms with Gasteiger partial charge in [0, 0.05) is 29.0 Å². The first-order valence-electron chi connectivity index (χ1n) is 7.10. The molecule has 3 aromatic rings. The third-order valence-electron chi connectivity index (χ3n) is 3.84. The van der Waals surface area contributed by atoms with E-state index >= 15 is 0 Å². The van der Waals surface area contributed by atoms with Gasteiger partial charge in [0.2, 0.25) is 0 Å². The van der Waals surface area contributed by atoms with Crippen molar-refractivity contribution >= 4 is 11.0 Å². The molecular weight excluding hydrogens is 263 g/mol. The number of fused-ring (bicyclic) bond motifs is 1. The van der Waals surface area contributed by atoms with Crippen LogP contribution in [0, 0.1) is 13.8 Å². The van der Waals surface area contributed by atoms with E-state index < -0.39 is 5.67 Å². The average molecular weight is 282 g/mol. The highest BCUT2D eigenvalue weighted by Gasteiger charge is 2.21. The molecule has 21 heavy (non-hydrogen) atoms. The lowest BCUT2D eigenvalue weighted by atomic mass is 10.0. The predicted octanol–water partition coefficient (Wildman–Crippen LogP) is 4.85. The first kappa shape index (κ1) is 13.8. The van der Waals surface area contributed by atoms with E-state index in [1.165, 1.54) is 5.56 Å². The van der Waals surface area contributed by atoms with Crippen LogP contribution >= 0.6 is 0 Å². The Bertz CT molecular complexity index is 792. The van der Waals surface area contributed by atoms with Crippen LogP contribution in [0.15, 0.2) is 42.7 Å². The Morgan fingerprint density at radius 2 is 1.76 bits per heavy atom. The van der Waals surface area contributed by atoms with Crippen LogP contribution in [0.25, 0.3) is 16.7 Å². The molecule has 0 unspecified atom stereocenters. The fourth-order valence-corrected chi connectivity index (χ4v) is 2.49. The molecule has 0 atom stereocenters. The van der Waals surface area contributed by atoms with Crippen LogP contribution < -0.4 is 0 Å². The Morgan fingerprint density at radius 1 is 1.10 bits per heavy atom. The maximum absolute atomic E-state index is 14.1. The minimum atomic E-state index is -1.38. The Labute approximate surface area is 124 Å². The van der Waals surface area contributed by atoms with E-state index in [1.54, 1.807) is 20.0 Å². The van der Waals surface area contributed by atoms with E-state index in [0.29, 0.717) is 5.56 Å². The van der Waals surface area contributed by atoms with Gasteiger partial charge in [-0.15, -0.1) is 0 Å². The van der Waals surface area contributed by atoms with Crippen molar-refractivity contribution in [1.29, 1.82) is 0 Å². The fourth-order valence-electron chi connectivity index (χ4n) is 2.49. The van der Waals surface area contributed by atoms with Gasteiger partial charge in [-0.05, 0) is 51.5 Å². The summed E-state index contributed by atoms with van der Waals surface area (Å²) in [6, 6.07) is 10.2. The lowest BCUT2D eigenvalue weighted by Crippen LogP contribution is -2.09. The van der Waals surface area contributed by atoms with E-state index in [2.05, 4.69) is 46.9 Å². The number of halogens is 1. The second-order valence-corrected chi connectivity index (χ2v) is 6.09. The maximum atomic E-state index is 14.1. The number of hydrogen-bond donors (Lipinski definition) is 0. The highest BCUT2D eigenvalue weighted by Crippen LogP contribution is 2.29. The second kappa shape index (κ2) is 4.69. The van der Waals surface area contributed by atoms with Crippen LogP contribution in [0.2, 0.25) is 0 Å². The molecule has 0 aliphatic rings. The zero-order chi connectivity index (χ0) is 15.2. The number of hydrogen-bond acceptors (Lipinski definition) is 1. The van der Waals surface area contributed by atoms with Gasteiger partial charge in [0.05, 0.1) is 0 Å². The Hall–Kier alpha value is -2.16. The van der Waals surface area contributed by atoms with Crippen molar-refractivity contribution in [2.24, 2.45) is 0 Å². The van der Waals surface area contributed by atoms with Crippen LogP contribution in [0.5, 0.6) is 0 Å². The molecule has 0 N–H and O–H groups in total. The van der Waals surface area contributed by atoms with E-state index in [-0.39, 0.29) is 0 Å². The van der Waals surface area contributed by atoms with Gasteiger partial charge >= 0.3 is 0 Å². The van der Waals surface area contributed by atoms with Crippen molar-refractivity contribution in [1.82, 2.24) is 9.55 Å². The number of benzene rings is 1. The Balaban J connectivity index is 2.20. The van der Waals surface area contributed by atoms with Gasteiger partial charge in [-0.2, -0.15) is 0 Å². The number of rotatable bonds is 2. The SMILES string of the molecule is Cc1ccc(-n2cc(C)c3cc(C(C)(C)F)cnc32)cc1. The molecule has 3 heteroatoms. The summed E-state index contributed by atoms with van der Waals surface area (Å²) in [5, 5.41) is 0.999. The van der Waals surface area contributed by atoms with Gasteiger partial charge in [-0.1, -0.05) is 17.7 Å². The van der Waals surface area contributed by atoms with Gasteiger partial charge in [0.15, 0.2) is 0 Å². The molecule has 0 radical (unpaired) electrons. The average Bonchev–Trinajstić information content (AvgIpc) is 2.76. The van der Waals surface area contributed by atoms with E-state index in [4.69, 9.17) is 0 Å². The van der Waals surface area contributed by atoms with Crippen molar-refractivity contribution in [3.63, 3.8) is 0 Å². The number of pyridine rings is 1. The lowest BCUT2D eigenvalue weighted by Gasteiger charge is -2.14. The molecule has 0 spiro atoms. The smallest absolute Gasteiger partial charge is 0.144 e. The quantitative estimate of drug-likeness (QED) is 0.657. The zero-order valence-corrected chi connectivity index (χ0v) is 12.8. The molecule has 0 saturated heterocycles. The van der Waals surface area contributed by atoms with E-state index in [9.17, 15) is 4.39 Å². The first-order valence-corrected chi connectivity index (χ1v) is 7.10. The van der Waals surface area contributed by atoms with Crippen LogP contribution in [0.1, 0.15) is 30.5 Å². The van der Waals surface area contributed by atoms with Gasteiger partial charge in [0.25, 0.3) is 0 Å². The molecule has 0 saturated carbocycles. The molecule has 0 fully saturated rings. The van der Waals surface area contributed by atoms with Crippen LogP contribution in [-0.2, 0) is 5.67 Å². The summed E-state index contributed by atoms with van der Waals surface area (Å²) < 4.78 is 16.2. The van der Waals surface area contributed by atoms with Gasteiger partial charge < -0.3 is 4.57 Å². The normalized spacial score (nSPS) is 12.0. The molecule has 1 aromatic carbocycles. The summed E-state index contributed by atoms with van der Waals surface area (Å²) in [6.07, 6.45) is 3.68. The number of alkyl halides is 1. The van der Waals surface area contributed by atoms with Crippen LogP contribution in [-0.4, -0.2) is 9.55 Å². The molecular formula is C18H19FN2. The molecule has 0 aliphatic carbocycles. The summed E-state index contributed by atoms with van der Waals surface area (Å²) in [7, 11) is 0. The lowest BCUT2D eigenvalue weighted by molar-refractivity contribution is 0.221. The van der Waals surface area contributed by atoms with E-state index in [0.717, 1.165) is 22.3 Å². The molecule has 3 rings (SSSR count). The molecule has 0 bridgehead atoms. The van der Waals surface area contributed by atoms with Gasteiger partial charge in [-0.25, -0.2) is 9.37 Å². The van der Waals surface area contributed by atoms with Crippen LogP contribution in [0.4, 0.5) is 4.39 Å². The molecule has 108 valence electrons. The minimum Gasteiger partial charge on any atom is -0.301 e. The monoisotopic (exact) mass is 282 g/mol. The van der Waals surface area contributed by atoms with Crippen molar-refractivity contribution in [3.05, 3.63) is 59.4 Å². The summed E-state index contributed by atoms with van der Waals surface area (Å²) >= 11 is 0. The Kier molecular flexibility index (Phi) is 3.08. The predicted molar refractivity (Wildman–Crippen MR) is 84.7 cm³/mol. The largest absolute Gasteiger partial charge is 0.301 e. The topological polar surface area (TPSA) is 17.8 Å². The van der Waals surface area contributed by atoms with Crippen molar-refractivity contribution in [2.75, 3.05) is 0 Å². The summed E-state index contributed by atoms with van der Waals surface area (Å²) in [4.78, 5) is 4.49. The van der Waals surface area contributed by atoms with Crippen molar-refractivity contribution in [3.8, 4) is 5.69 Å². The first-order chi connectivity index (χ1) is 9.86. The molecule has 2 aromatic heterocycles. The highest BCUT2D eigenvalue weighted by atomic mass is 19.1. The van der Waals surface area contributed by atoms with Crippen molar-refractivity contribution in [2.45, 2.75) is 33.4 Å². The van der Waals surface area contributed by atoms with Crippen molar-refractivity contribution < 1.29 is 4.39 Å². The fraction of sp³-hybridized carbons (Fsp3) is 0.278.